The zero-order valence-corrected chi connectivity index (χ0v) is 16.8. The predicted molar refractivity (Wildman–Crippen MR) is 109 cm³/mol. The van der Waals surface area contributed by atoms with E-state index < -0.39 is 0 Å². The van der Waals surface area contributed by atoms with Crippen molar-refractivity contribution in [3.05, 3.63) is 51.6 Å². The second-order valence-electron chi connectivity index (χ2n) is 7.58. The highest BCUT2D eigenvalue weighted by atomic mass is 16.5. The summed E-state index contributed by atoms with van der Waals surface area (Å²) in [4.78, 5) is 35.4. The van der Waals surface area contributed by atoms with Gasteiger partial charge < -0.3 is 14.2 Å². The minimum Gasteiger partial charge on any atom is -0.477 e. The average Bonchev–Trinajstić information content (AvgIpc) is 3.19. The Labute approximate surface area is 168 Å². The summed E-state index contributed by atoms with van der Waals surface area (Å²) >= 11 is 0. The number of aromatic nitrogens is 5. The summed E-state index contributed by atoms with van der Waals surface area (Å²) in [5.41, 5.74) is 0.255. The van der Waals surface area contributed by atoms with Gasteiger partial charge in [-0.05, 0) is 37.9 Å². The Morgan fingerprint density at radius 2 is 1.86 bits per heavy atom. The fraction of sp³-hybridized carbons (Fsp3) is 0.500. The minimum absolute atomic E-state index is 0.300. The van der Waals surface area contributed by atoms with Crippen LogP contribution in [0.5, 0.6) is 5.88 Å². The van der Waals surface area contributed by atoms with Gasteiger partial charge in [-0.3, -0.25) is 13.9 Å². The van der Waals surface area contributed by atoms with E-state index in [1.165, 1.54) is 11.6 Å². The Morgan fingerprint density at radius 1 is 1.07 bits per heavy atom. The van der Waals surface area contributed by atoms with E-state index >= 15 is 0 Å². The van der Waals surface area contributed by atoms with Crippen molar-refractivity contribution in [3.8, 4) is 5.88 Å². The molecule has 9 nitrogen and oxygen atoms in total. The summed E-state index contributed by atoms with van der Waals surface area (Å²) in [5.74, 6) is 1.21. The maximum Gasteiger partial charge on any atom is 0.332 e. The molecule has 0 amide bonds. The van der Waals surface area contributed by atoms with Gasteiger partial charge in [-0.25, -0.2) is 14.8 Å². The van der Waals surface area contributed by atoms with Crippen LogP contribution in [0.25, 0.3) is 11.2 Å². The van der Waals surface area contributed by atoms with Crippen molar-refractivity contribution in [2.24, 2.45) is 20.0 Å². The van der Waals surface area contributed by atoms with Gasteiger partial charge in [-0.15, -0.1) is 0 Å². The van der Waals surface area contributed by atoms with Gasteiger partial charge in [0.2, 0.25) is 5.88 Å². The van der Waals surface area contributed by atoms with Gasteiger partial charge in [0.1, 0.15) is 0 Å². The van der Waals surface area contributed by atoms with Crippen LogP contribution in [0.1, 0.15) is 12.8 Å². The summed E-state index contributed by atoms with van der Waals surface area (Å²) in [6.07, 6.45) is 5.55. The fourth-order valence-electron chi connectivity index (χ4n) is 3.83. The van der Waals surface area contributed by atoms with E-state index in [0.29, 0.717) is 36.1 Å². The highest BCUT2D eigenvalue weighted by molar-refractivity contribution is 5.69. The smallest absolute Gasteiger partial charge is 0.332 e. The summed E-state index contributed by atoms with van der Waals surface area (Å²) in [6, 6.07) is 5.69. The standard InChI is InChI=1S/C20H26N6O3/c1-23-18-17(19(27)24(2)20(23)28)26(14-22-18)12-11-25-9-6-15(7-10-25)13-29-16-5-3-4-8-21-16/h3-5,8,14-15H,6-7,9-13H2,1-2H3. The van der Waals surface area contributed by atoms with Crippen molar-refractivity contribution in [2.45, 2.75) is 19.4 Å². The number of rotatable bonds is 6. The molecule has 0 saturated carbocycles. The highest BCUT2D eigenvalue weighted by Crippen LogP contribution is 2.18. The SMILES string of the molecule is Cn1c(=O)c2c(ncn2CCN2CCC(COc3ccccn3)CC2)n(C)c1=O. The Bertz CT molecular complexity index is 1090. The molecule has 3 aromatic rings. The predicted octanol–water partition coefficient (Wildman–Crippen LogP) is 0.620. The van der Waals surface area contributed by atoms with Gasteiger partial charge in [-0.1, -0.05) is 6.07 Å². The van der Waals surface area contributed by atoms with Gasteiger partial charge in [0.05, 0.1) is 12.9 Å². The number of fused-ring (bicyclic) bond motifs is 1. The minimum atomic E-state index is -0.359. The van der Waals surface area contributed by atoms with Crippen molar-refractivity contribution >= 4 is 11.2 Å². The molecule has 1 aliphatic heterocycles. The first-order valence-corrected chi connectivity index (χ1v) is 9.91. The van der Waals surface area contributed by atoms with Gasteiger partial charge in [0, 0.05) is 39.4 Å². The van der Waals surface area contributed by atoms with Crippen molar-refractivity contribution in [2.75, 3.05) is 26.2 Å². The summed E-state index contributed by atoms with van der Waals surface area (Å²) in [5, 5.41) is 0. The van der Waals surface area contributed by atoms with E-state index in [0.717, 1.165) is 37.0 Å². The molecule has 4 heterocycles. The number of nitrogens with zero attached hydrogens (tertiary/aromatic N) is 6. The van der Waals surface area contributed by atoms with Crippen molar-refractivity contribution in [3.63, 3.8) is 0 Å². The normalized spacial score (nSPS) is 15.8. The molecule has 154 valence electrons. The first kappa shape index (κ1) is 19.4. The molecule has 9 heteroatoms. The molecule has 0 aliphatic carbocycles. The maximum absolute atomic E-state index is 12.5. The van der Waals surface area contributed by atoms with Crippen LogP contribution in [0.4, 0.5) is 0 Å². The molecular weight excluding hydrogens is 372 g/mol. The molecule has 3 aromatic heterocycles. The number of aryl methyl sites for hydroxylation is 1. The Hall–Kier alpha value is -2.94. The number of hydrogen-bond acceptors (Lipinski definition) is 6. The molecule has 0 spiro atoms. The second kappa shape index (κ2) is 8.20. The first-order valence-electron chi connectivity index (χ1n) is 9.91. The third-order valence-electron chi connectivity index (χ3n) is 5.69. The van der Waals surface area contributed by atoms with E-state index in [9.17, 15) is 9.59 Å². The monoisotopic (exact) mass is 398 g/mol. The molecule has 29 heavy (non-hydrogen) atoms. The number of piperidine rings is 1. The van der Waals surface area contributed by atoms with Crippen LogP contribution in [-0.2, 0) is 20.6 Å². The van der Waals surface area contributed by atoms with Gasteiger partial charge >= 0.3 is 5.69 Å². The van der Waals surface area contributed by atoms with E-state index in [1.807, 2.05) is 22.8 Å². The fourth-order valence-corrected chi connectivity index (χ4v) is 3.83. The third kappa shape index (κ3) is 3.95. The largest absolute Gasteiger partial charge is 0.477 e. The first-order chi connectivity index (χ1) is 14.0. The molecule has 1 fully saturated rings. The summed E-state index contributed by atoms with van der Waals surface area (Å²) in [6.45, 7) is 4.20. The van der Waals surface area contributed by atoms with Crippen LogP contribution >= 0.6 is 0 Å². The van der Waals surface area contributed by atoms with Crippen LogP contribution in [0.15, 0.2) is 40.3 Å². The Balaban J connectivity index is 1.33. The van der Waals surface area contributed by atoms with E-state index in [4.69, 9.17) is 4.74 Å². The molecule has 1 aliphatic rings. The Morgan fingerprint density at radius 3 is 2.59 bits per heavy atom. The molecule has 0 bridgehead atoms. The van der Waals surface area contributed by atoms with Gasteiger partial charge in [0.25, 0.3) is 5.56 Å². The van der Waals surface area contributed by atoms with Gasteiger partial charge in [0.15, 0.2) is 11.2 Å². The average molecular weight is 398 g/mol. The zero-order chi connectivity index (χ0) is 20.4. The molecule has 0 atom stereocenters. The number of pyridine rings is 1. The number of likely N-dealkylation sites (tertiary alicyclic amines) is 1. The molecular formula is C20H26N6O3. The molecule has 0 radical (unpaired) electrons. The topological polar surface area (TPSA) is 87.2 Å². The molecule has 0 N–H and O–H groups in total. The molecule has 0 aromatic carbocycles. The maximum atomic E-state index is 12.5. The molecule has 1 saturated heterocycles. The lowest BCUT2D eigenvalue weighted by Gasteiger charge is -2.31. The quantitative estimate of drug-likeness (QED) is 0.605. The number of hydrogen-bond donors (Lipinski definition) is 0. The van der Waals surface area contributed by atoms with Crippen molar-refractivity contribution < 1.29 is 4.74 Å². The van der Waals surface area contributed by atoms with Gasteiger partial charge in [-0.2, -0.15) is 0 Å². The molecule has 0 unspecified atom stereocenters. The van der Waals surface area contributed by atoms with E-state index in [-0.39, 0.29) is 11.2 Å². The van der Waals surface area contributed by atoms with Crippen LogP contribution in [0, 0.1) is 5.92 Å². The lowest BCUT2D eigenvalue weighted by molar-refractivity contribution is 0.136. The number of imidazole rings is 1. The summed E-state index contributed by atoms with van der Waals surface area (Å²) in [7, 11) is 3.14. The molecule has 4 rings (SSSR count). The highest BCUT2D eigenvalue weighted by Gasteiger charge is 2.20. The zero-order valence-electron chi connectivity index (χ0n) is 16.8. The van der Waals surface area contributed by atoms with E-state index in [2.05, 4.69) is 14.9 Å². The van der Waals surface area contributed by atoms with Crippen molar-refractivity contribution in [1.29, 1.82) is 0 Å². The lowest BCUT2D eigenvalue weighted by Crippen LogP contribution is -2.39. The Kier molecular flexibility index (Phi) is 5.48. The van der Waals surface area contributed by atoms with Crippen LogP contribution in [-0.4, -0.2) is 54.8 Å². The number of ether oxygens (including phenoxy) is 1. The van der Waals surface area contributed by atoms with Crippen LogP contribution in [0.2, 0.25) is 0 Å². The van der Waals surface area contributed by atoms with Crippen molar-refractivity contribution in [1.82, 2.24) is 28.6 Å². The van der Waals surface area contributed by atoms with E-state index in [1.54, 1.807) is 19.6 Å². The summed E-state index contributed by atoms with van der Waals surface area (Å²) < 4.78 is 10.2. The lowest BCUT2D eigenvalue weighted by atomic mass is 9.98. The van der Waals surface area contributed by atoms with Crippen LogP contribution in [0.3, 0.4) is 0 Å². The third-order valence-corrected chi connectivity index (χ3v) is 5.69. The van der Waals surface area contributed by atoms with Crippen LogP contribution < -0.4 is 16.0 Å². The second-order valence-corrected chi connectivity index (χ2v) is 7.58.